The maximum atomic E-state index is 13.3. The Hall–Kier alpha value is -3.02. The molecule has 108 valence electrons. The van der Waals surface area contributed by atoms with Crippen LogP contribution >= 0.6 is 0 Å². The minimum Gasteiger partial charge on any atom is -0.439 e. The van der Waals surface area contributed by atoms with Gasteiger partial charge in [0.2, 0.25) is 5.89 Å². The van der Waals surface area contributed by atoms with Crippen molar-refractivity contribution in [1.29, 1.82) is 0 Å². The van der Waals surface area contributed by atoms with Gasteiger partial charge in [0.1, 0.15) is 17.9 Å². The van der Waals surface area contributed by atoms with Crippen LogP contribution in [0.3, 0.4) is 0 Å². The van der Waals surface area contributed by atoms with Crippen LogP contribution in [0.1, 0.15) is 5.89 Å². The van der Waals surface area contributed by atoms with Crippen molar-refractivity contribution < 1.29 is 8.81 Å². The smallest absolute Gasteiger partial charge is 0.261 e. The van der Waals surface area contributed by atoms with Crippen molar-refractivity contribution >= 4 is 22.0 Å². The molecule has 22 heavy (non-hydrogen) atoms. The standard InChI is InChI=1S/C16H10FN3O2/c17-10-5-6-12-11(7-10)16(21)20(9-18-12)8-15-19-13-3-1-2-4-14(13)22-15/h1-7,9H,8H2. The van der Waals surface area contributed by atoms with Crippen LogP contribution in [-0.2, 0) is 6.54 Å². The Morgan fingerprint density at radius 2 is 2.00 bits per heavy atom. The van der Waals surface area contributed by atoms with Gasteiger partial charge in [-0.15, -0.1) is 0 Å². The summed E-state index contributed by atoms with van der Waals surface area (Å²) in [5.41, 5.74) is 1.52. The predicted molar refractivity (Wildman–Crippen MR) is 79.1 cm³/mol. The summed E-state index contributed by atoms with van der Waals surface area (Å²) in [6.45, 7) is 0.146. The third-order valence-corrected chi connectivity index (χ3v) is 3.43. The lowest BCUT2D eigenvalue weighted by atomic mass is 10.2. The van der Waals surface area contributed by atoms with Crippen molar-refractivity contribution in [2.45, 2.75) is 6.54 Å². The topological polar surface area (TPSA) is 60.9 Å². The van der Waals surface area contributed by atoms with Crippen LogP contribution in [0.2, 0.25) is 0 Å². The summed E-state index contributed by atoms with van der Waals surface area (Å²) in [6, 6.07) is 11.3. The van der Waals surface area contributed by atoms with Crippen LogP contribution < -0.4 is 5.56 Å². The van der Waals surface area contributed by atoms with Gasteiger partial charge in [-0.05, 0) is 30.3 Å². The van der Waals surface area contributed by atoms with E-state index in [-0.39, 0.29) is 17.5 Å². The lowest BCUT2D eigenvalue weighted by Crippen LogP contribution is -2.21. The number of fused-ring (bicyclic) bond motifs is 2. The first-order valence-electron chi connectivity index (χ1n) is 6.70. The van der Waals surface area contributed by atoms with Gasteiger partial charge in [0.05, 0.1) is 17.2 Å². The highest BCUT2D eigenvalue weighted by Crippen LogP contribution is 2.15. The van der Waals surface area contributed by atoms with Gasteiger partial charge in [-0.2, -0.15) is 0 Å². The zero-order valence-electron chi connectivity index (χ0n) is 11.4. The number of aromatic nitrogens is 3. The fraction of sp³-hybridized carbons (Fsp3) is 0.0625. The lowest BCUT2D eigenvalue weighted by Gasteiger charge is -2.03. The molecule has 0 amide bonds. The lowest BCUT2D eigenvalue weighted by molar-refractivity contribution is 0.503. The average Bonchev–Trinajstić information content (AvgIpc) is 2.93. The van der Waals surface area contributed by atoms with Gasteiger partial charge in [0, 0.05) is 0 Å². The Morgan fingerprint density at radius 3 is 2.86 bits per heavy atom. The van der Waals surface area contributed by atoms with E-state index in [4.69, 9.17) is 4.42 Å². The highest BCUT2D eigenvalue weighted by molar-refractivity contribution is 5.77. The molecular formula is C16H10FN3O2. The van der Waals surface area contributed by atoms with Crippen molar-refractivity contribution in [1.82, 2.24) is 14.5 Å². The normalized spacial score (nSPS) is 11.3. The second-order valence-electron chi connectivity index (χ2n) is 4.91. The molecule has 2 aromatic heterocycles. The number of hydrogen-bond acceptors (Lipinski definition) is 4. The monoisotopic (exact) mass is 295 g/mol. The molecule has 0 aliphatic heterocycles. The van der Waals surface area contributed by atoms with Crippen molar-refractivity contribution in [2.24, 2.45) is 0 Å². The molecule has 5 nitrogen and oxygen atoms in total. The van der Waals surface area contributed by atoms with Gasteiger partial charge >= 0.3 is 0 Å². The third kappa shape index (κ3) is 2.05. The zero-order chi connectivity index (χ0) is 15.1. The summed E-state index contributed by atoms with van der Waals surface area (Å²) in [5, 5.41) is 0.235. The summed E-state index contributed by atoms with van der Waals surface area (Å²) < 4.78 is 20.3. The van der Waals surface area contributed by atoms with E-state index in [0.29, 0.717) is 17.0 Å². The fourth-order valence-corrected chi connectivity index (χ4v) is 2.38. The minimum atomic E-state index is -0.467. The molecule has 0 saturated carbocycles. The van der Waals surface area contributed by atoms with E-state index in [9.17, 15) is 9.18 Å². The first kappa shape index (κ1) is 12.7. The van der Waals surface area contributed by atoms with Crippen molar-refractivity contribution in [3.8, 4) is 0 Å². The highest BCUT2D eigenvalue weighted by Gasteiger charge is 2.09. The van der Waals surface area contributed by atoms with Gasteiger partial charge in [-0.1, -0.05) is 12.1 Å². The molecule has 6 heteroatoms. The van der Waals surface area contributed by atoms with E-state index >= 15 is 0 Å². The van der Waals surface area contributed by atoms with Crippen LogP contribution in [0.25, 0.3) is 22.0 Å². The summed E-state index contributed by atoms with van der Waals surface area (Å²) in [7, 11) is 0. The minimum absolute atomic E-state index is 0.146. The maximum absolute atomic E-state index is 13.3. The largest absolute Gasteiger partial charge is 0.439 e. The molecule has 4 rings (SSSR count). The van der Waals surface area contributed by atoms with E-state index in [1.165, 1.54) is 29.1 Å². The second kappa shape index (κ2) is 4.77. The summed E-state index contributed by atoms with van der Waals surface area (Å²) >= 11 is 0. The number of halogens is 1. The molecule has 0 unspecified atom stereocenters. The molecule has 0 aliphatic carbocycles. The molecule has 0 N–H and O–H groups in total. The maximum Gasteiger partial charge on any atom is 0.261 e. The van der Waals surface area contributed by atoms with Crippen LogP contribution in [0.15, 0.2) is 58.0 Å². The van der Waals surface area contributed by atoms with Crippen LogP contribution in [0.5, 0.6) is 0 Å². The second-order valence-corrected chi connectivity index (χ2v) is 4.91. The number of hydrogen-bond donors (Lipinski definition) is 0. The Bertz CT molecular complexity index is 1020. The van der Waals surface area contributed by atoms with Crippen molar-refractivity contribution in [2.75, 3.05) is 0 Å². The summed E-state index contributed by atoms with van der Waals surface area (Å²) in [5.74, 6) is -0.0631. The van der Waals surface area contributed by atoms with Crippen molar-refractivity contribution in [3.05, 3.63) is 70.9 Å². The Balaban J connectivity index is 1.80. The van der Waals surface area contributed by atoms with Gasteiger partial charge in [0.15, 0.2) is 5.58 Å². The van der Waals surface area contributed by atoms with Gasteiger partial charge in [-0.25, -0.2) is 14.4 Å². The Morgan fingerprint density at radius 1 is 1.14 bits per heavy atom. The molecule has 0 saturated heterocycles. The van der Waals surface area contributed by atoms with Crippen molar-refractivity contribution in [3.63, 3.8) is 0 Å². The number of rotatable bonds is 2. The first-order chi connectivity index (χ1) is 10.7. The average molecular weight is 295 g/mol. The van der Waals surface area contributed by atoms with Crippen LogP contribution in [-0.4, -0.2) is 14.5 Å². The Labute approximate surface area is 123 Å². The van der Waals surface area contributed by atoms with E-state index in [1.54, 1.807) is 0 Å². The molecule has 0 atom stereocenters. The molecular weight excluding hydrogens is 285 g/mol. The zero-order valence-corrected chi connectivity index (χ0v) is 11.4. The third-order valence-electron chi connectivity index (χ3n) is 3.43. The van der Waals surface area contributed by atoms with E-state index < -0.39 is 5.82 Å². The number of para-hydroxylation sites is 2. The van der Waals surface area contributed by atoms with Gasteiger partial charge in [0.25, 0.3) is 5.56 Å². The first-order valence-corrected chi connectivity index (χ1v) is 6.70. The molecule has 0 radical (unpaired) electrons. The Kier molecular flexibility index (Phi) is 2.75. The molecule has 4 aromatic rings. The van der Waals surface area contributed by atoms with Gasteiger partial charge < -0.3 is 4.42 Å². The highest BCUT2D eigenvalue weighted by atomic mass is 19.1. The molecule has 0 spiro atoms. The van der Waals surface area contributed by atoms with Gasteiger partial charge in [-0.3, -0.25) is 9.36 Å². The molecule has 2 heterocycles. The number of nitrogens with zero attached hydrogens (tertiary/aromatic N) is 3. The van der Waals surface area contributed by atoms with Crippen LogP contribution in [0.4, 0.5) is 4.39 Å². The quantitative estimate of drug-likeness (QED) is 0.570. The SMILES string of the molecule is O=c1c2cc(F)ccc2ncn1Cc1nc2ccccc2o1. The molecule has 2 aromatic carbocycles. The molecule has 0 fully saturated rings. The molecule has 0 bridgehead atoms. The number of oxazole rings is 1. The van der Waals surface area contributed by atoms with E-state index in [1.807, 2.05) is 24.3 Å². The van der Waals surface area contributed by atoms with E-state index in [2.05, 4.69) is 9.97 Å². The van der Waals surface area contributed by atoms with Crippen LogP contribution in [0, 0.1) is 5.82 Å². The molecule has 0 aliphatic rings. The predicted octanol–water partition coefficient (Wildman–Crippen LogP) is 2.73. The van der Waals surface area contributed by atoms with E-state index in [0.717, 1.165) is 5.52 Å². The fourth-order valence-electron chi connectivity index (χ4n) is 2.38. The number of benzene rings is 2. The summed E-state index contributed by atoms with van der Waals surface area (Å²) in [4.78, 5) is 20.9. The summed E-state index contributed by atoms with van der Waals surface area (Å²) in [6.07, 6.45) is 1.41.